The molecule has 1 saturated heterocycles. The molecule has 1 amide bonds. The largest absolute Gasteiger partial charge is 0.456 e. The fourth-order valence-electron chi connectivity index (χ4n) is 2.65. The fourth-order valence-corrected chi connectivity index (χ4v) is 3.03. The predicted molar refractivity (Wildman–Crippen MR) is 95.4 cm³/mol. The van der Waals surface area contributed by atoms with Crippen molar-refractivity contribution in [3.05, 3.63) is 58.6 Å². The van der Waals surface area contributed by atoms with Crippen molar-refractivity contribution >= 4 is 21.8 Å². The Morgan fingerprint density at radius 3 is 2.83 bits per heavy atom. The predicted octanol–water partition coefficient (Wildman–Crippen LogP) is 2.55. The van der Waals surface area contributed by atoms with Crippen molar-refractivity contribution in [3.8, 4) is 11.5 Å². The van der Waals surface area contributed by atoms with Crippen LogP contribution < -0.4 is 15.4 Å². The van der Waals surface area contributed by atoms with Gasteiger partial charge in [-0.25, -0.2) is 0 Å². The van der Waals surface area contributed by atoms with Gasteiger partial charge >= 0.3 is 0 Å². The first-order valence-corrected chi connectivity index (χ1v) is 8.62. The number of benzene rings is 2. The van der Waals surface area contributed by atoms with Crippen LogP contribution >= 0.6 is 15.9 Å². The molecule has 2 aromatic rings. The minimum atomic E-state index is -0.418. The molecule has 0 radical (unpaired) electrons. The highest BCUT2D eigenvalue weighted by Gasteiger charge is 2.25. The molecule has 0 aliphatic carbocycles. The van der Waals surface area contributed by atoms with Gasteiger partial charge < -0.3 is 20.5 Å². The number of carbonyl (C=O) groups excluding carboxylic acids is 1. The van der Waals surface area contributed by atoms with E-state index in [1.807, 2.05) is 30.3 Å². The van der Waals surface area contributed by atoms with E-state index in [1.165, 1.54) is 0 Å². The van der Waals surface area contributed by atoms with Crippen LogP contribution in [0.2, 0.25) is 0 Å². The van der Waals surface area contributed by atoms with Crippen LogP contribution in [0.15, 0.2) is 53.0 Å². The summed E-state index contributed by atoms with van der Waals surface area (Å²) >= 11 is 3.40. The molecule has 0 bridgehead atoms. The lowest BCUT2D eigenvalue weighted by molar-refractivity contribution is 0.0925. The molecule has 5 nitrogen and oxygen atoms in total. The van der Waals surface area contributed by atoms with Gasteiger partial charge in [0.2, 0.25) is 0 Å². The van der Waals surface area contributed by atoms with Gasteiger partial charge in [0.15, 0.2) is 0 Å². The Morgan fingerprint density at radius 2 is 2.08 bits per heavy atom. The first-order chi connectivity index (χ1) is 11.6. The average molecular weight is 391 g/mol. The van der Waals surface area contributed by atoms with Crippen molar-refractivity contribution in [1.82, 2.24) is 10.6 Å². The minimum Gasteiger partial charge on any atom is -0.456 e. The third-order valence-electron chi connectivity index (χ3n) is 3.98. The fraction of sp³-hybridized carbons (Fsp3) is 0.278. The molecule has 0 spiro atoms. The molecule has 24 heavy (non-hydrogen) atoms. The van der Waals surface area contributed by atoms with Crippen LogP contribution in [0.5, 0.6) is 11.5 Å². The van der Waals surface area contributed by atoms with Crippen LogP contribution in [0.1, 0.15) is 10.4 Å². The van der Waals surface area contributed by atoms with Crippen LogP contribution in [0.25, 0.3) is 0 Å². The number of rotatable bonds is 5. The number of amides is 1. The second-order valence-corrected chi connectivity index (χ2v) is 6.67. The van der Waals surface area contributed by atoms with Gasteiger partial charge in [-0.3, -0.25) is 4.79 Å². The van der Waals surface area contributed by atoms with E-state index in [0.29, 0.717) is 36.7 Å². The summed E-state index contributed by atoms with van der Waals surface area (Å²) in [5, 5.41) is 15.8. The number of nitrogens with one attached hydrogen (secondary N) is 2. The second-order valence-electron chi connectivity index (χ2n) is 5.75. The van der Waals surface area contributed by atoms with Crippen molar-refractivity contribution in [2.75, 3.05) is 19.6 Å². The zero-order valence-electron chi connectivity index (χ0n) is 13.0. The number of hydrogen-bond acceptors (Lipinski definition) is 4. The Labute approximate surface area is 149 Å². The maximum atomic E-state index is 12.5. The van der Waals surface area contributed by atoms with E-state index in [9.17, 15) is 9.90 Å². The molecule has 1 aliphatic heterocycles. The average Bonchev–Trinajstić information content (AvgIpc) is 2.98. The molecule has 1 heterocycles. The molecule has 2 atom stereocenters. The monoisotopic (exact) mass is 390 g/mol. The van der Waals surface area contributed by atoms with Crippen molar-refractivity contribution in [1.29, 1.82) is 0 Å². The topological polar surface area (TPSA) is 70.6 Å². The number of β-amino-alcohol motifs (C(OH)–C–C–N with tert-alkyl or cyclic N) is 1. The molecule has 2 unspecified atom stereocenters. The third-order valence-corrected chi connectivity index (χ3v) is 4.48. The zero-order valence-corrected chi connectivity index (χ0v) is 14.6. The lowest BCUT2D eigenvalue weighted by Crippen LogP contribution is -2.34. The molecule has 3 N–H and O–H groups in total. The van der Waals surface area contributed by atoms with Gasteiger partial charge in [-0.15, -0.1) is 0 Å². The zero-order chi connectivity index (χ0) is 16.9. The van der Waals surface area contributed by atoms with Crippen molar-refractivity contribution in [3.63, 3.8) is 0 Å². The number of aliphatic hydroxyl groups is 1. The van der Waals surface area contributed by atoms with E-state index < -0.39 is 6.10 Å². The molecule has 0 aromatic heterocycles. The van der Waals surface area contributed by atoms with Crippen LogP contribution in [-0.4, -0.2) is 36.8 Å². The normalized spacial score (nSPS) is 19.9. The summed E-state index contributed by atoms with van der Waals surface area (Å²) in [4.78, 5) is 12.5. The van der Waals surface area contributed by atoms with Crippen LogP contribution in [0, 0.1) is 5.92 Å². The SMILES string of the molecule is O=C(NCC1CNCC1O)c1ccccc1Oc1cccc(Br)c1. The van der Waals surface area contributed by atoms with Crippen molar-refractivity contribution in [2.45, 2.75) is 6.10 Å². The standard InChI is InChI=1S/C18H19BrN2O3/c19-13-4-3-5-14(8-13)24-17-7-2-1-6-15(17)18(23)21-10-12-9-20-11-16(12)22/h1-8,12,16,20,22H,9-11H2,(H,21,23). The molecular weight excluding hydrogens is 372 g/mol. The highest BCUT2D eigenvalue weighted by atomic mass is 79.9. The Morgan fingerprint density at radius 1 is 1.25 bits per heavy atom. The smallest absolute Gasteiger partial charge is 0.255 e. The second kappa shape index (κ2) is 7.79. The van der Waals surface area contributed by atoms with Gasteiger partial charge in [-0.1, -0.05) is 34.1 Å². The summed E-state index contributed by atoms with van der Waals surface area (Å²) in [5.74, 6) is 0.977. The van der Waals surface area contributed by atoms with Gasteiger partial charge in [0.25, 0.3) is 5.91 Å². The van der Waals surface area contributed by atoms with Crippen LogP contribution in [0.3, 0.4) is 0 Å². The van der Waals surface area contributed by atoms with Gasteiger partial charge in [0.05, 0.1) is 11.7 Å². The number of carbonyl (C=O) groups is 1. The van der Waals surface area contributed by atoms with Crippen molar-refractivity contribution < 1.29 is 14.6 Å². The molecule has 1 fully saturated rings. The van der Waals surface area contributed by atoms with Crippen molar-refractivity contribution in [2.24, 2.45) is 5.92 Å². The first kappa shape index (κ1) is 17.0. The minimum absolute atomic E-state index is 0.0344. The number of hydrogen-bond donors (Lipinski definition) is 3. The Kier molecular flexibility index (Phi) is 5.50. The maximum Gasteiger partial charge on any atom is 0.255 e. The number of aliphatic hydroxyl groups excluding tert-OH is 1. The number of para-hydroxylation sites is 1. The highest BCUT2D eigenvalue weighted by Crippen LogP contribution is 2.27. The summed E-state index contributed by atoms with van der Waals surface area (Å²) in [7, 11) is 0. The van der Waals surface area contributed by atoms with E-state index in [2.05, 4.69) is 26.6 Å². The number of ether oxygens (including phenoxy) is 1. The highest BCUT2D eigenvalue weighted by molar-refractivity contribution is 9.10. The summed E-state index contributed by atoms with van der Waals surface area (Å²) in [6, 6.07) is 14.6. The van der Waals surface area contributed by atoms with Crippen LogP contribution in [0.4, 0.5) is 0 Å². The molecule has 6 heteroatoms. The Bertz CT molecular complexity index is 723. The quantitative estimate of drug-likeness (QED) is 0.733. The van der Waals surface area contributed by atoms with Gasteiger partial charge in [-0.05, 0) is 30.3 Å². The molecule has 3 rings (SSSR count). The summed E-state index contributed by atoms with van der Waals surface area (Å²) in [6.45, 7) is 1.71. The Hall–Kier alpha value is -1.89. The molecule has 2 aromatic carbocycles. The summed E-state index contributed by atoms with van der Waals surface area (Å²) < 4.78 is 6.76. The Balaban J connectivity index is 1.70. The number of halogens is 1. The lowest BCUT2D eigenvalue weighted by Gasteiger charge is -2.15. The van der Waals surface area contributed by atoms with E-state index >= 15 is 0 Å². The first-order valence-electron chi connectivity index (χ1n) is 7.83. The van der Waals surface area contributed by atoms with E-state index in [0.717, 1.165) is 4.47 Å². The lowest BCUT2D eigenvalue weighted by atomic mass is 10.1. The van der Waals surface area contributed by atoms with E-state index in [-0.39, 0.29) is 11.8 Å². The summed E-state index contributed by atoms with van der Waals surface area (Å²) in [5.41, 5.74) is 0.470. The van der Waals surface area contributed by atoms with E-state index in [1.54, 1.807) is 18.2 Å². The molecular formula is C18H19BrN2O3. The van der Waals surface area contributed by atoms with Gasteiger partial charge in [0, 0.05) is 30.0 Å². The summed E-state index contributed by atoms with van der Waals surface area (Å²) in [6.07, 6.45) is -0.418. The molecule has 1 aliphatic rings. The van der Waals surface area contributed by atoms with E-state index in [4.69, 9.17) is 4.74 Å². The van der Waals surface area contributed by atoms with Crippen LogP contribution in [-0.2, 0) is 0 Å². The molecule has 0 saturated carbocycles. The van der Waals surface area contributed by atoms with Gasteiger partial charge in [0.1, 0.15) is 11.5 Å². The van der Waals surface area contributed by atoms with Gasteiger partial charge in [-0.2, -0.15) is 0 Å². The maximum absolute atomic E-state index is 12.5. The third kappa shape index (κ3) is 4.14. The molecule has 126 valence electrons.